The van der Waals surface area contributed by atoms with Gasteiger partial charge in [0.05, 0.1) is 12.5 Å². The monoisotopic (exact) mass is 1420 g/mol. The molecule has 0 unspecified atom stereocenters. The fourth-order valence-corrected chi connectivity index (χ4v) is 11.0. The lowest BCUT2D eigenvalue weighted by molar-refractivity contribution is -0.142. The van der Waals surface area contributed by atoms with E-state index in [0.717, 1.165) is 0 Å². The molecule has 9 amide bonds. The molecule has 2 aromatic heterocycles. The summed E-state index contributed by atoms with van der Waals surface area (Å²) in [5.41, 5.74) is 41.7. The number of carbonyl (C=O) groups excluding carboxylic acids is 9. The van der Waals surface area contributed by atoms with Crippen molar-refractivity contribution in [3.63, 3.8) is 0 Å². The summed E-state index contributed by atoms with van der Waals surface area (Å²) in [5.74, 6) is -12.3. The molecule has 0 aliphatic heterocycles. The van der Waals surface area contributed by atoms with Gasteiger partial charge in [0.1, 0.15) is 54.4 Å². The number of amides is 9. The molecular formula is C61H93N21O13S3. The van der Waals surface area contributed by atoms with E-state index in [4.69, 9.17) is 40.1 Å². The van der Waals surface area contributed by atoms with Gasteiger partial charge in [-0.25, -0.2) is 4.79 Å². The molecular weight excluding hydrogens is 1330 g/mol. The number of carboxylic acid groups (broad SMARTS) is 2. The van der Waals surface area contributed by atoms with Gasteiger partial charge >= 0.3 is 11.9 Å². The van der Waals surface area contributed by atoms with E-state index in [9.17, 15) is 58.2 Å². The molecule has 27 N–H and O–H groups in total. The lowest BCUT2D eigenvalue weighted by Crippen LogP contribution is -2.61. The fraction of sp³-hybridized carbons (Fsp3) is 0.508. The summed E-state index contributed by atoms with van der Waals surface area (Å²) in [6, 6.07) is -0.302. The first kappa shape index (κ1) is 80.9. The number of aliphatic carboxylic acids is 2. The molecule has 0 radical (unpaired) electrons. The van der Waals surface area contributed by atoms with E-state index >= 15 is 4.79 Å². The van der Waals surface area contributed by atoms with E-state index in [1.54, 1.807) is 81.0 Å². The number of H-pyrrole nitrogens is 2. The lowest BCUT2D eigenvalue weighted by atomic mass is 9.99. The number of hydrogen-bond donors (Lipinski definition) is 22. The zero-order chi connectivity index (χ0) is 72.6. The topological polar surface area (TPSA) is 587 Å². The van der Waals surface area contributed by atoms with Crippen LogP contribution in [0.5, 0.6) is 0 Å². The smallest absolute Gasteiger partial charge is 0.327 e. The second-order valence-electron chi connectivity index (χ2n) is 23.3. The molecule has 0 saturated heterocycles. The van der Waals surface area contributed by atoms with Gasteiger partial charge in [-0.15, -0.1) is 0 Å². The fourth-order valence-electron chi connectivity index (χ4n) is 10.1. The average molecular weight is 1420 g/mol. The molecule has 37 heteroatoms. The van der Waals surface area contributed by atoms with Crippen molar-refractivity contribution in [1.82, 2.24) is 57.8 Å². The largest absolute Gasteiger partial charge is 0.481 e. The summed E-state index contributed by atoms with van der Waals surface area (Å²) in [6.07, 6.45) is 3.52. The van der Waals surface area contributed by atoms with Crippen LogP contribution in [0.3, 0.4) is 0 Å². The number of guanidine groups is 3. The number of carboxylic acids is 2. The first-order valence-electron chi connectivity index (χ1n) is 31.5. The van der Waals surface area contributed by atoms with Crippen LogP contribution < -0.4 is 88.0 Å². The number of hydrogen-bond acceptors (Lipinski definition) is 18. The number of carbonyl (C=O) groups is 11. The highest BCUT2D eigenvalue weighted by atomic mass is 32.2. The van der Waals surface area contributed by atoms with Crippen molar-refractivity contribution in [2.24, 2.45) is 61.0 Å². The third-order valence-corrected chi connectivity index (χ3v) is 16.5. The van der Waals surface area contributed by atoms with E-state index in [0.29, 0.717) is 32.9 Å². The van der Waals surface area contributed by atoms with E-state index < -0.39 is 132 Å². The van der Waals surface area contributed by atoms with Crippen LogP contribution >= 0.6 is 37.0 Å². The Morgan fingerprint density at radius 3 is 1.16 bits per heavy atom. The minimum atomic E-state index is -1.72. The Bertz CT molecular complexity index is 3460. The molecule has 34 nitrogen and oxygen atoms in total. The molecule has 0 aliphatic rings. The Kier molecular flexibility index (Phi) is 34.3. The molecule has 2 heterocycles. The summed E-state index contributed by atoms with van der Waals surface area (Å²) in [6.45, 7) is 3.54. The van der Waals surface area contributed by atoms with E-state index in [-0.39, 0.29) is 125 Å². The van der Waals surface area contributed by atoms with Gasteiger partial charge in [0, 0.05) is 78.2 Å². The van der Waals surface area contributed by atoms with Crippen molar-refractivity contribution in [2.45, 2.75) is 145 Å². The average Bonchev–Trinajstić information content (AvgIpc) is 1.65. The second-order valence-corrected chi connectivity index (χ2v) is 25.1. The Morgan fingerprint density at radius 2 is 0.806 bits per heavy atom. The normalized spacial score (nSPS) is 14.2. The van der Waals surface area contributed by atoms with Crippen molar-refractivity contribution in [3.05, 3.63) is 72.1 Å². The number of thiol groups is 2. The molecule has 0 fully saturated rings. The number of aromatic nitrogens is 2. The van der Waals surface area contributed by atoms with Crippen LogP contribution in [-0.2, 0) is 65.6 Å². The van der Waals surface area contributed by atoms with Gasteiger partial charge in [0.25, 0.3) is 0 Å². The lowest BCUT2D eigenvalue weighted by Gasteiger charge is -2.29. The van der Waals surface area contributed by atoms with Crippen LogP contribution in [0, 0.1) is 5.92 Å². The van der Waals surface area contributed by atoms with Crippen LogP contribution in [-0.4, -0.2) is 207 Å². The third kappa shape index (κ3) is 27.6. The van der Waals surface area contributed by atoms with Crippen molar-refractivity contribution in [3.8, 4) is 0 Å². The number of para-hydroxylation sites is 2. The molecule has 10 atom stereocenters. The molecule has 98 heavy (non-hydrogen) atoms. The summed E-state index contributed by atoms with van der Waals surface area (Å²) in [4.78, 5) is 171. The zero-order valence-corrected chi connectivity index (χ0v) is 57.3. The highest BCUT2D eigenvalue weighted by Gasteiger charge is 2.37. The maximum absolute atomic E-state index is 15.1. The number of rotatable bonds is 44. The Morgan fingerprint density at radius 1 is 0.469 bits per heavy atom. The summed E-state index contributed by atoms with van der Waals surface area (Å²) < 4.78 is 0. The van der Waals surface area contributed by atoms with Gasteiger partial charge in [0.2, 0.25) is 53.2 Å². The quantitative estimate of drug-likeness (QED) is 0.00884. The van der Waals surface area contributed by atoms with Gasteiger partial charge in [0.15, 0.2) is 17.9 Å². The minimum absolute atomic E-state index is 0.0226. The molecule has 0 bridgehead atoms. The Hall–Kier alpha value is -9.49. The van der Waals surface area contributed by atoms with Gasteiger partial charge < -0.3 is 108 Å². The first-order chi connectivity index (χ1) is 46.5. The summed E-state index contributed by atoms with van der Waals surface area (Å²) >= 11 is 9.37. The second kappa shape index (κ2) is 41.6. The van der Waals surface area contributed by atoms with Crippen LogP contribution in [0.15, 0.2) is 75.9 Å². The van der Waals surface area contributed by atoms with Crippen LogP contribution in [0.4, 0.5) is 0 Å². The van der Waals surface area contributed by atoms with Crippen LogP contribution in [0.2, 0.25) is 0 Å². The predicted octanol–water partition coefficient (Wildman–Crippen LogP) is -3.50. The molecule has 0 saturated carbocycles. The van der Waals surface area contributed by atoms with Crippen LogP contribution in [0.1, 0.15) is 82.8 Å². The number of fused-ring (bicyclic) bond motifs is 2. The standard InChI is InChI=1S/C61H93N21O13S3/c1-31(2)23-43(54(90)81-45(25-33-28-73-38-14-7-5-12-35(33)38)56(92)75-41(17-10-21-71-61(67)68)52(88)82-47(30-97)58(94)95)79-51(87)40(16-9-20-70-60(65)66)74-55(91)44(24-32-27-72-37-13-6-4-11-34(32)37)80-53(89)42(18-22-98-3)77-50(86)39(15-8-19-69-59(63)64)76-57(93)46(26-48(83)84)78-49(85)36(62)29-96/h4-7,11-14,27-28,31,36,39-47,72-73,96-97H,8-10,15-26,29-30,62H2,1-3H3,(H,74,91)(H,75,92)(H,76,93)(H,77,86)(H,78,85)(H,79,87)(H,80,89)(H,81,90)(H,82,88)(H,83,84)(H,94,95)(H4,63,64,69)(H4,65,66,70)(H4,67,68,71)/t36-,39-,40-,41-,42-,43-,44-,45-,46-,47-/m0/s1. The van der Waals surface area contributed by atoms with E-state index in [2.05, 4.69) is 98.1 Å². The molecule has 4 rings (SSSR count). The van der Waals surface area contributed by atoms with Crippen molar-refractivity contribution < 1.29 is 63.0 Å². The number of nitrogens with two attached hydrogens (primary N) is 7. The van der Waals surface area contributed by atoms with Gasteiger partial charge in [-0.2, -0.15) is 37.0 Å². The Labute approximate surface area is 581 Å². The number of thioether (sulfide) groups is 1. The Balaban J connectivity index is 1.75. The maximum atomic E-state index is 15.1. The summed E-state index contributed by atoms with van der Waals surface area (Å²) in [7, 11) is 0. The molecule has 538 valence electrons. The van der Waals surface area contributed by atoms with Gasteiger partial charge in [-0.1, -0.05) is 50.2 Å². The predicted molar refractivity (Wildman–Crippen MR) is 379 cm³/mol. The SMILES string of the molecule is CSCC[C@H](NC(=O)[C@H](CCCN=C(N)N)NC(=O)[C@H](CC(=O)O)NC(=O)[C@@H](N)CS)C(=O)N[C@@H](Cc1c[nH]c2ccccc12)C(=O)N[C@@H](CCCN=C(N)N)C(=O)N[C@@H](CC(C)C)C(=O)N[C@@H](Cc1c[nH]c2ccccc12)C(=O)N[C@@H](CCCN=C(N)N)C(=O)N[C@@H](CS)C(=O)O. The molecule has 4 aromatic rings. The number of aliphatic imine (C=N–C) groups is 3. The highest BCUT2D eigenvalue weighted by molar-refractivity contribution is 7.98. The van der Waals surface area contributed by atoms with Crippen molar-refractivity contribution >= 4 is 142 Å². The maximum Gasteiger partial charge on any atom is 0.327 e. The van der Waals surface area contributed by atoms with Crippen LogP contribution in [0.25, 0.3) is 21.8 Å². The molecule has 0 aliphatic carbocycles. The summed E-state index contributed by atoms with van der Waals surface area (Å²) in [5, 5.41) is 44.4. The highest BCUT2D eigenvalue weighted by Crippen LogP contribution is 2.22. The van der Waals surface area contributed by atoms with Gasteiger partial charge in [-0.3, -0.25) is 62.9 Å². The third-order valence-electron chi connectivity index (χ3n) is 15.1. The van der Waals surface area contributed by atoms with E-state index in [1.807, 2.05) is 0 Å². The van der Waals surface area contributed by atoms with Gasteiger partial charge in [-0.05, 0) is 92.6 Å². The number of aromatic amines is 2. The molecule has 2 aromatic carbocycles. The number of nitrogens with zero attached hydrogens (tertiary/aromatic N) is 3. The zero-order valence-electron chi connectivity index (χ0n) is 54.7. The molecule has 0 spiro atoms. The minimum Gasteiger partial charge on any atom is -0.481 e. The number of benzene rings is 2. The first-order valence-corrected chi connectivity index (χ1v) is 34.1. The van der Waals surface area contributed by atoms with E-state index in [1.165, 1.54) is 11.8 Å². The van der Waals surface area contributed by atoms with Crippen molar-refractivity contribution in [1.29, 1.82) is 0 Å². The number of nitrogens with one attached hydrogen (secondary N) is 11. The van der Waals surface area contributed by atoms with Crippen molar-refractivity contribution in [2.75, 3.05) is 43.1 Å².